The van der Waals surface area contributed by atoms with Gasteiger partial charge in [-0.15, -0.1) is 12.4 Å². The average molecular weight is 346 g/mol. The Hall–Kier alpha value is -1.37. The highest BCUT2D eigenvalue weighted by molar-refractivity contribution is 5.85. The molecular weight excluding hydrogens is 321 g/mol. The Morgan fingerprint density at radius 1 is 1.48 bits per heavy atom. The predicted molar refractivity (Wildman–Crippen MR) is 90.7 cm³/mol. The summed E-state index contributed by atoms with van der Waals surface area (Å²) in [6, 6.07) is 6.45. The maximum Gasteiger partial charge on any atom is 0.234 e. The van der Waals surface area contributed by atoms with Gasteiger partial charge in [-0.2, -0.15) is 0 Å². The third kappa shape index (κ3) is 7.16. The first-order valence-corrected chi connectivity index (χ1v) is 7.72. The van der Waals surface area contributed by atoms with Crippen molar-refractivity contribution < 1.29 is 13.9 Å². The van der Waals surface area contributed by atoms with Gasteiger partial charge >= 0.3 is 0 Å². The zero-order valence-corrected chi connectivity index (χ0v) is 14.2. The minimum Gasteiger partial charge on any atom is -0.492 e. The number of hydrogen-bond acceptors (Lipinski definition) is 4. The maximum absolute atomic E-state index is 13.0. The van der Waals surface area contributed by atoms with Gasteiger partial charge in [0.1, 0.15) is 18.2 Å². The second-order valence-corrected chi connectivity index (χ2v) is 5.52. The molecule has 0 saturated carbocycles. The van der Waals surface area contributed by atoms with Crippen LogP contribution in [0.15, 0.2) is 24.3 Å². The third-order valence-electron chi connectivity index (χ3n) is 3.77. The van der Waals surface area contributed by atoms with E-state index in [4.69, 9.17) is 4.74 Å². The second kappa shape index (κ2) is 10.4. The molecule has 0 aromatic heterocycles. The number of carbonyl (C=O) groups excluding carboxylic acids is 1. The summed E-state index contributed by atoms with van der Waals surface area (Å²) in [6.07, 6.45) is 2.28. The topological polar surface area (TPSA) is 53.6 Å². The van der Waals surface area contributed by atoms with Crippen LogP contribution in [0.5, 0.6) is 5.75 Å². The first-order valence-electron chi connectivity index (χ1n) is 7.72. The smallest absolute Gasteiger partial charge is 0.234 e. The predicted octanol–water partition coefficient (Wildman–Crippen LogP) is 1.43. The molecule has 1 unspecified atom stereocenters. The highest BCUT2D eigenvalue weighted by Gasteiger charge is 2.19. The number of hydrogen-bond donors (Lipinski definition) is 2. The summed E-state index contributed by atoms with van der Waals surface area (Å²) in [5, 5.41) is 6.09. The lowest BCUT2D eigenvalue weighted by atomic mass is 10.1. The van der Waals surface area contributed by atoms with Gasteiger partial charge in [-0.25, -0.2) is 4.39 Å². The molecule has 0 radical (unpaired) electrons. The van der Waals surface area contributed by atoms with Crippen LogP contribution in [0.1, 0.15) is 12.8 Å². The van der Waals surface area contributed by atoms with Gasteiger partial charge in [-0.1, -0.05) is 6.07 Å². The van der Waals surface area contributed by atoms with E-state index in [-0.39, 0.29) is 24.1 Å². The summed E-state index contributed by atoms with van der Waals surface area (Å²) in [5.74, 6) is 0.146. The Bertz CT molecular complexity index is 490. The molecule has 2 rings (SSSR count). The van der Waals surface area contributed by atoms with E-state index in [2.05, 4.69) is 15.5 Å². The molecule has 1 aliphatic rings. The largest absolute Gasteiger partial charge is 0.492 e. The van der Waals surface area contributed by atoms with Gasteiger partial charge in [-0.05, 0) is 38.6 Å². The molecule has 0 aliphatic carbocycles. The minimum atomic E-state index is -0.328. The zero-order chi connectivity index (χ0) is 15.8. The number of carbonyl (C=O) groups is 1. The summed E-state index contributed by atoms with van der Waals surface area (Å²) in [6.45, 7) is 3.03. The van der Waals surface area contributed by atoms with Crippen LogP contribution in [0.3, 0.4) is 0 Å². The van der Waals surface area contributed by atoms with Crippen molar-refractivity contribution in [2.75, 3.05) is 39.8 Å². The minimum absolute atomic E-state index is 0. The molecule has 1 aromatic rings. The van der Waals surface area contributed by atoms with E-state index in [0.717, 1.165) is 25.9 Å². The molecule has 1 amide bonds. The molecule has 1 saturated heterocycles. The first kappa shape index (κ1) is 19.7. The standard InChI is InChI=1S/C16H24FN3O2.ClH/c1-18-14-5-3-8-20(11-14)12-16(21)19-7-9-22-15-6-2-4-13(17)10-15;/h2,4,6,10,14,18H,3,5,7-9,11-12H2,1H3,(H,19,21);1H. The summed E-state index contributed by atoms with van der Waals surface area (Å²) >= 11 is 0. The second-order valence-electron chi connectivity index (χ2n) is 5.52. The zero-order valence-electron chi connectivity index (χ0n) is 13.4. The van der Waals surface area contributed by atoms with Crippen LogP contribution in [0.25, 0.3) is 0 Å². The number of rotatable bonds is 7. The van der Waals surface area contributed by atoms with Crippen molar-refractivity contribution in [3.8, 4) is 5.75 Å². The highest BCUT2D eigenvalue weighted by atomic mass is 35.5. The molecule has 1 aliphatic heterocycles. The normalized spacial score (nSPS) is 18.1. The molecule has 1 heterocycles. The molecule has 7 heteroatoms. The quantitative estimate of drug-likeness (QED) is 0.734. The number of likely N-dealkylation sites (tertiary alicyclic amines) is 1. The monoisotopic (exact) mass is 345 g/mol. The number of halogens is 2. The molecular formula is C16H25ClFN3O2. The molecule has 1 fully saturated rings. The number of nitrogens with one attached hydrogen (secondary N) is 2. The van der Waals surface area contributed by atoms with Crippen molar-refractivity contribution in [3.05, 3.63) is 30.1 Å². The van der Waals surface area contributed by atoms with Gasteiger partial charge in [-0.3, -0.25) is 9.69 Å². The number of benzene rings is 1. The first-order chi connectivity index (χ1) is 10.7. The van der Waals surface area contributed by atoms with Crippen molar-refractivity contribution in [2.24, 2.45) is 0 Å². The summed E-state index contributed by atoms with van der Waals surface area (Å²) in [7, 11) is 1.96. The number of piperidine rings is 1. The highest BCUT2D eigenvalue weighted by Crippen LogP contribution is 2.11. The van der Waals surface area contributed by atoms with E-state index in [1.54, 1.807) is 12.1 Å². The van der Waals surface area contributed by atoms with Crippen LogP contribution in [-0.2, 0) is 4.79 Å². The van der Waals surface area contributed by atoms with Crippen LogP contribution in [0, 0.1) is 5.82 Å². The number of amides is 1. The van der Waals surface area contributed by atoms with Crippen LogP contribution in [-0.4, -0.2) is 56.7 Å². The van der Waals surface area contributed by atoms with E-state index >= 15 is 0 Å². The molecule has 23 heavy (non-hydrogen) atoms. The van der Waals surface area contributed by atoms with E-state index in [9.17, 15) is 9.18 Å². The Labute approximate surface area is 143 Å². The lowest BCUT2D eigenvalue weighted by molar-refractivity contribution is -0.122. The van der Waals surface area contributed by atoms with E-state index in [0.29, 0.717) is 31.5 Å². The van der Waals surface area contributed by atoms with Crippen LogP contribution in [0.4, 0.5) is 4.39 Å². The Balaban J connectivity index is 0.00000264. The van der Waals surface area contributed by atoms with Gasteiger partial charge in [0.2, 0.25) is 5.91 Å². The molecule has 130 valence electrons. The van der Waals surface area contributed by atoms with Gasteiger partial charge in [0.05, 0.1) is 13.1 Å². The fraction of sp³-hybridized carbons (Fsp3) is 0.562. The molecule has 0 bridgehead atoms. The number of ether oxygens (including phenoxy) is 1. The van der Waals surface area contributed by atoms with Crippen molar-refractivity contribution in [1.29, 1.82) is 0 Å². The summed E-state index contributed by atoms with van der Waals surface area (Å²) in [5.41, 5.74) is 0. The molecule has 0 spiro atoms. The van der Waals surface area contributed by atoms with Crippen molar-refractivity contribution in [1.82, 2.24) is 15.5 Å². The average Bonchev–Trinajstić information content (AvgIpc) is 2.52. The Kier molecular flexibility index (Phi) is 8.91. The third-order valence-corrected chi connectivity index (χ3v) is 3.77. The molecule has 1 aromatic carbocycles. The fourth-order valence-corrected chi connectivity index (χ4v) is 2.61. The lowest BCUT2D eigenvalue weighted by Gasteiger charge is -2.31. The van der Waals surface area contributed by atoms with Crippen molar-refractivity contribution in [3.63, 3.8) is 0 Å². The molecule has 1 atom stereocenters. The van der Waals surface area contributed by atoms with E-state index in [1.165, 1.54) is 12.1 Å². The number of nitrogens with zero attached hydrogens (tertiary/aromatic N) is 1. The van der Waals surface area contributed by atoms with Gasteiger partial charge in [0, 0.05) is 18.7 Å². The van der Waals surface area contributed by atoms with Crippen molar-refractivity contribution in [2.45, 2.75) is 18.9 Å². The fourth-order valence-electron chi connectivity index (χ4n) is 2.61. The van der Waals surface area contributed by atoms with Crippen molar-refractivity contribution >= 4 is 18.3 Å². The van der Waals surface area contributed by atoms with E-state index in [1.807, 2.05) is 7.05 Å². The number of likely N-dealkylation sites (N-methyl/N-ethyl adjacent to an activating group) is 1. The Morgan fingerprint density at radius 3 is 3.04 bits per heavy atom. The summed E-state index contributed by atoms with van der Waals surface area (Å²) in [4.78, 5) is 14.0. The molecule has 2 N–H and O–H groups in total. The van der Waals surface area contributed by atoms with Gasteiger partial charge < -0.3 is 15.4 Å². The SMILES string of the molecule is CNC1CCCN(CC(=O)NCCOc2cccc(F)c2)C1.Cl. The maximum atomic E-state index is 13.0. The lowest BCUT2D eigenvalue weighted by Crippen LogP contribution is -2.48. The summed E-state index contributed by atoms with van der Waals surface area (Å²) < 4.78 is 18.3. The Morgan fingerprint density at radius 2 is 2.30 bits per heavy atom. The van der Waals surface area contributed by atoms with E-state index < -0.39 is 0 Å². The van der Waals surface area contributed by atoms with Crippen LogP contribution in [0.2, 0.25) is 0 Å². The van der Waals surface area contributed by atoms with Gasteiger partial charge in [0.25, 0.3) is 0 Å². The molecule has 5 nitrogen and oxygen atoms in total. The van der Waals surface area contributed by atoms with Gasteiger partial charge in [0.15, 0.2) is 0 Å². The van der Waals surface area contributed by atoms with Crippen LogP contribution >= 0.6 is 12.4 Å². The van der Waals surface area contributed by atoms with Crippen LogP contribution < -0.4 is 15.4 Å².